The molecule has 1 aromatic rings. The van der Waals surface area contributed by atoms with E-state index in [-0.39, 0.29) is 30.4 Å². The second-order valence-electron chi connectivity index (χ2n) is 2.55. The van der Waals surface area contributed by atoms with Gasteiger partial charge in [-0.25, -0.2) is 13.1 Å². The van der Waals surface area contributed by atoms with Crippen LogP contribution in [0, 0.1) is 6.92 Å². The first-order valence-corrected chi connectivity index (χ1v) is 5.26. The molecule has 0 aromatic carbocycles. The van der Waals surface area contributed by atoms with Crippen molar-refractivity contribution < 1.29 is 8.42 Å². The van der Waals surface area contributed by atoms with Crippen LogP contribution in [0.2, 0.25) is 0 Å². The molecule has 0 unspecified atom stereocenters. The third kappa shape index (κ3) is 2.95. The van der Waals surface area contributed by atoms with Gasteiger partial charge in [-0.2, -0.15) is 5.10 Å². The van der Waals surface area contributed by atoms with Gasteiger partial charge in [0, 0.05) is 13.1 Å². The number of rotatable bonds is 4. The summed E-state index contributed by atoms with van der Waals surface area (Å²) in [5.41, 5.74) is 5.69. The van der Waals surface area contributed by atoms with E-state index >= 15 is 0 Å². The van der Waals surface area contributed by atoms with Crippen molar-refractivity contribution in [2.24, 2.45) is 5.73 Å². The molecular weight excluding hydrogens is 228 g/mol. The number of halogens is 1. The molecule has 0 radical (unpaired) electrons. The highest BCUT2D eigenvalue weighted by Crippen LogP contribution is 2.09. The van der Waals surface area contributed by atoms with Gasteiger partial charge in [-0.1, -0.05) is 0 Å². The molecular formula is C6H13ClN4O2S. The van der Waals surface area contributed by atoms with Gasteiger partial charge in [0.2, 0.25) is 10.0 Å². The first kappa shape index (κ1) is 13.4. The SMILES string of the molecule is Cc1[nH]ncc1S(=O)(=O)NCCN.Cl. The first-order chi connectivity index (χ1) is 6.08. The largest absolute Gasteiger partial charge is 0.329 e. The molecule has 14 heavy (non-hydrogen) atoms. The molecule has 0 aliphatic carbocycles. The van der Waals surface area contributed by atoms with E-state index in [0.29, 0.717) is 5.69 Å². The quantitative estimate of drug-likeness (QED) is 0.653. The van der Waals surface area contributed by atoms with E-state index in [1.807, 2.05) is 0 Å². The summed E-state index contributed by atoms with van der Waals surface area (Å²) in [6, 6.07) is 0. The summed E-state index contributed by atoms with van der Waals surface area (Å²) in [4.78, 5) is 0.168. The monoisotopic (exact) mass is 240 g/mol. The van der Waals surface area contributed by atoms with Crippen LogP contribution in [0.1, 0.15) is 5.69 Å². The Labute approximate surface area is 88.7 Å². The summed E-state index contributed by atoms with van der Waals surface area (Å²) in [6.07, 6.45) is 1.27. The molecule has 0 spiro atoms. The maximum Gasteiger partial charge on any atom is 0.243 e. The van der Waals surface area contributed by atoms with Crippen LogP contribution in [0.25, 0.3) is 0 Å². The van der Waals surface area contributed by atoms with Gasteiger partial charge in [-0.05, 0) is 6.92 Å². The fourth-order valence-corrected chi connectivity index (χ4v) is 2.06. The van der Waals surface area contributed by atoms with Gasteiger partial charge < -0.3 is 5.73 Å². The molecule has 4 N–H and O–H groups in total. The Bertz CT molecular complexity index is 375. The summed E-state index contributed by atoms with van der Waals surface area (Å²) in [5, 5.41) is 6.17. The molecule has 0 saturated carbocycles. The predicted molar refractivity (Wildman–Crippen MR) is 54.8 cm³/mol. The number of sulfonamides is 1. The van der Waals surface area contributed by atoms with E-state index < -0.39 is 10.0 Å². The number of nitrogens with two attached hydrogens (primary N) is 1. The second-order valence-corrected chi connectivity index (χ2v) is 4.28. The van der Waals surface area contributed by atoms with Gasteiger partial charge in [-0.3, -0.25) is 5.10 Å². The van der Waals surface area contributed by atoms with Crippen LogP contribution >= 0.6 is 12.4 Å². The van der Waals surface area contributed by atoms with Crippen LogP contribution in [0.4, 0.5) is 0 Å². The topological polar surface area (TPSA) is 101 Å². The molecule has 8 heteroatoms. The Hall–Kier alpha value is -0.630. The Morgan fingerprint density at radius 3 is 2.71 bits per heavy atom. The summed E-state index contributed by atoms with van der Waals surface area (Å²) < 4.78 is 25.2. The standard InChI is InChI=1S/C6H12N4O2S.ClH/c1-5-6(4-8-10-5)13(11,12)9-3-2-7;/h4,9H,2-3,7H2,1H3,(H,8,10);1H. The first-order valence-electron chi connectivity index (χ1n) is 3.77. The van der Waals surface area contributed by atoms with Crippen molar-refractivity contribution in [2.45, 2.75) is 11.8 Å². The normalized spacial score (nSPS) is 11.0. The number of aromatic nitrogens is 2. The Morgan fingerprint density at radius 2 is 2.29 bits per heavy atom. The highest BCUT2D eigenvalue weighted by Gasteiger charge is 2.16. The zero-order valence-electron chi connectivity index (χ0n) is 7.65. The van der Waals surface area contributed by atoms with Crippen LogP contribution < -0.4 is 10.5 Å². The van der Waals surface area contributed by atoms with E-state index in [1.54, 1.807) is 6.92 Å². The number of nitrogens with zero attached hydrogens (tertiary/aromatic N) is 1. The van der Waals surface area contributed by atoms with E-state index in [2.05, 4.69) is 14.9 Å². The summed E-state index contributed by atoms with van der Waals surface area (Å²) in [5.74, 6) is 0. The summed E-state index contributed by atoms with van der Waals surface area (Å²) >= 11 is 0. The third-order valence-electron chi connectivity index (χ3n) is 1.51. The zero-order chi connectivity index (χ0) is 9.90. The molecule has 0 atom stereocenters. The minimum absolute atomic E-state index is 0. The number of nitrogens with one attached hydrogen (secondary N) is 2. The maximum absolute atomic E-state index is 11.4. The number of aryl methyl sites for hydroxylation is 1. The zero-order valence-corrected chi connectivity index (χ0v) is 9.28. The average Bonchev–Trinajstić information content (AvgIpc) is 2.48. The molecule has 0 aliphatic rings. The number of hydrogen-bond acceptors (Lipinski definition) is 4. The van der Waals surface area contributed by atoms with Crippen molar-refractivity contribution in [3.05, 3.63) is 11.9 Å². The summed E-state index contributed by atoms with van der Waals surface area (Å²) in [7, 11) is -3.43. The Balaban J connectivity index is 0.00000169. The van der Waals surface area contributed by atoms with E-state index in [4.69, 9.17) is 5.73 Å². The second kappa shape index (κ2) is 5.30. The van der Waals surface area contributed by atoms with Gasteiger partial charge in [0.1, 0.15) is 4.90 Å². The molecule has 1 aromatic heterocycles. The smallest absolute Gasteiger partial charge is 0.243 e. The van der Waals surface area contributed by atoms with Crippen molar-refractivity contribution in [3.63, 3.8) is 0 Å². The van der Waals surface area contributed by atoms with Crippen LogP contribution in [-0.4, -0.2) is 31.7 Å². The molecule has 1 heterocycles. The maximum atomic E-state index is 11.4. The lowest BCUT2D eigenvalue weighted by Crippen LogP contribution is -2.29. The minimum Gasteiger partial charge on any atom is -0.329 e. The van der Waals surface area contributed by atoms with E-state index in [0.717, 1.165) is 0 Å². The van der Waals surface area contributed by atoms with E-state index in [1.165, 1.54) is 6.20 Å². The number of hydrogen-bond donors (Lipinski definition) is 3. The van der Waals surface area contributed by atoms with Crippen molar-refractivity contribution in [1.29, 1.82) is 0 Å². The van der Waals surface area contributed by atoms with Crippen molar-refractivity contribution in [3.8, 4) is 0 Å². The van der Waals surface area contributed by atoms with Gasteiger partial charge >= 0.3 is 0 Å². The molecule has 1 rings (SSSR count). The highest BCUT2D eigenvalue weighted by atomic mass is 35.5. The molecule has 0 saturated heterocycles. The van der Waals surface area contributed by atoms with Crippen LogP contribution in [0.5, 0.6) is 0 Å². The van der Waals surface area contributed by atoms with Crippen molar-refractivity contribution in [2.75, 3.05) is 13.1 Å². The lowest BCUT2D eigenvalue weighted by atomic mass is 10.5. The average molecular weight is 241 g/mol. The molecule has 6 nitrogen and oxygen atoms in total. The lowest BCUT2D eigenvalue weighted by molar-refractivity contribution is 0.581. The van der Waals surface area contributed by atoms with Crippen LogP contribution in [-0.2, 0) is 10.0 Å². The fourth-order valence-electron chi connectivity index (χ4n) is 0.882. The molecule has 0 amide bonds. The van der Waals surface area contributed by atoms with Crippen LogP contribution in [0.15, 0.2) is 11.1 Å². The molecule has 82 valence electrons. The van der Waals surface area contributed by atoms with Gasteiger partial charge in [0.25, 0.3) is 0 Å². The van der Waals surface area contributed by atoms with Gasteiger partial charge in [0.15, 0.2) is 0 Å². The molecule has 0 fully saturated rings. The predicted octanol–water partition coefficient (Wildman–Crippen LogP) is -0.623. The fraction of sp³-hybridized carbons (Fsp3) is 0.500. The van der Waals surface area contributed by atoms with Crippen molar-refractivity contribution >= 4 is 22.4 Å². The summed E-state index contributed by atoms with van der Waals surface area (Å²) in [6.45, 7) is 2.15. The molecule has 0 aliphatic heterocycles. The van der Waals surface area contributed by atoms with Gasteiger partial charge in [-0.15, -0.1) is 12.4 Å². The van der Waals surface area contributed by atoms with Crippen molar-refractivity contribution in [1.82, 2.24) is 14.9 Å². The Kier molecular flexibility index (Phi) is 5.06. The minimum atomic E-state index is -3.43. The number of H-pyrrole nitrogens is 1. The Morgan fingerprint density at radius 1 is 1.64 bits per heavy atom. The van der Waals surface area contributed by atoms with Crippen LogP contribution in [0.3, 0.4) is 0 Å². The highest BCUT2D eigenvalue weighted by molar-refractivity contribution is 7.89. The van der Waals surface area contributed by atoms with Gasteiger partial charge in [0.05, 0.1) is 11.9 Å². The number of aromatic amines is 1. The molecule has 0 bridgehead atoms. The van der Waals surface area contributed by atoms with E-state index in [9.17, 15) is 8.42 Å². The third-order valence-corrected chi connectivity index (χ3v) is 3.08. The lowest BCUT2D eigenvalue weighted by Gasteiger charge is -2.02.